The molecule has 7 nitrogen and oxygen atoms in total. The smallest absolute Gasteiger partial charge is 0.224 e. The van der Waals surface area contributed by atoms with Crippen molar-refractivity contribution < 1.29 is 4.79 Å². The van der Waals surface area contributed by atoms with Crippen molar-refractivity contribution in [2.75, 3.05) is 44.2 Å². The minimum absolute atomic E-state index is 0.182. The molecule has 1 aliphatic rings. The van der Waals surface area contributed by atoms with Crippen LogP contribution in [0.4, 0.5) is 5.82 Å². The monoisotopic (exact) mass is 402 g/mol. The average Bonchev–Trinajstić information content (AvgIpc) is 2.74. The van der Waals surface area contributed by atoms with Crippen LogP contribution in [0.25, 0.3) is 0 Å². The zero-order chi connectivity index (χ0) is 20.9. The molecule has 2 heterocycles. The number of piperazine rings is 1. The third-order valence-corrected chi connectivity index (χ3v) is 5.17. The number of guanidine groups is 1. The Morgan fingerprint density at radius 2 is 2.00 bits per heavy atom. The van der Waals surface area contributed by atoms with Crippen molar-refractivity contribution in [2.24, 2.45) is 4.99 Å². The van der Waals surface area contributed by atoms with Gasteiger partial charge in [0.25, 0.3) is 0 Å². The first-order valence-electron chi connectivity index (χ1n) is 11.1. The van der Waals surface area contributed by atoms with Gasteiger partial charge in [-0.2, -0.15) is 0 Å². The van der Waals surface area contributed by atoms with Crippen molar-refractivity contribution >= 4 is 17.7 Å². The van der Waals surface area contributed by atoms with Crippen molar-refractivity contribution in [3.8, 4) is 0 Å². The Kier molecular flexibility index (Phi) is 10.3. The lowest BCUT2D eigenvalue weighted by Gasteiger charge is -2.35. The fourth-order valence-corrected chi connectivity index (χ4v) is 3.47. The van der Waals surface area contributed by atoms with Gasteiger partial charge in [0, 0.05) is 51.4 Å². The molecule has 1 aromatic rings. The van der Waals surface area contributed by atoms with Crippen LogP contribution < -0.4 is 15.5 Å². The lowest BCUT2D eigenvalue weighted by atomic mass is 10.1. The molecule has 162 valence electrons. The molecular formula is C22H38N6O. The number of carbonyl (C=O) groups is 1. The second kappa shape index (κ2) is 13.0. The van der Waals surface area contributed by atoms with Gasteiger partial charge in [-0.05, 0) is 32.4 Å². The van der Waals surface area contributed by atoms with Crippen molar-refractivity contribution in [2.45, 2.75) is 58.9 Å². The molecule has 0 spiro atoms. The summed E-state index contributed by atoms with van der Waals surface area (Å²) in [5.41, 5.74) is 0. The Bertz CT molecular complexity index is 613. The van der Waals surface area contributed by atoms with E-state index in [4.69, 9.17) is 0 Å². The number of anilines is 1. The summed E-state index contributed by atoms with van der Waals surface area (Å²) in [5, 5.41) is 6.74. The molecule has 0 saturated carbocycles. The molecule has 2 rings (SSSR count). The highest BCUT2D eigenvalue weighted by atomic mass is 16.2. The fourth-order valence-electron chi connectivity index (χ4n) is 3.47. The van der Waals surface area contributed by atoms with E-state index in [0.29, 0.717) is 19.0 Å². The van der Waals surface area contributed by atoms with Gasteiger partial charge in [-0.25, -0.2) is 4.98 Å². The quantitative estimate of drug-likeness (QED) is 0.358. The van der Waals surface area contributed by atoms with E-state index in [1.807, 2.05) is 29.3 Å². The summed E-state index contributed by atoms with van der Waals surface area (Å²) in [6.45, 7) is 10.9. The highest BCUT2D eigenvalue weighted by molar-refractivity contribution is 5.81. The predicted molar refractivity (Wildman–Crippen MR) is 120 cm³/mol. The molecular weight excluding hydrogens is 364 g/mol. The number of rotatable bonds is 10. The van der Waals surface area contributed by atoms with E-state index in [2.05, 4.69) is 46.3 Å². The molecule has 0 bridgehead atoms. The number of carbonyl (C=O) groups excluding carboxylic acids is 1. The van der Waals surface area contributed by atoms with Gasteiger partial charge in [0.05, 0.1) is 6.54 Å². The van der Waals surface area contributed by atoms with Gasteiger partial charge in [-0.3, -0.25) is 9.79 Å². The number of hydrogen-bond donors (Lipinski definition) is 2. The van der Waals surface area contributed by atoms with Gasteiger partial charge >= 0.3 is 0 Å². The third kappa shape index (κ3) is 8.30. The number of amides is 1. The summed E-state index contributed by atoms with van der Waals surface area (Å²) in [7, 11) is 0. The standard InChI is InChI=1S/C22H38N6O/c1-4-6-7-10-19(3)26-22(23-5-2)25-14-12-21(29)28-17-15-27(16-18-28)20-11-8-9-13-24-20/h8-9,11,13,19H,4-7,10,12,14-18H2,1-3H3,(H2,23,25,26). The first kappa shape index (κ1) is 23.0. The molecule has 1 saturated heterocycles. The minimum atomic E-state index is 0.182. The summed E-state index contributed by atoms with van der Waals surface area (Å²) in [6, 6.07) is 6.32. The maximum Gasteiger partial charge on any atom is 0.224 e. The van der Waals surface area contributed by atoms with Crippen LogP contribution in [0.5, 0.6) is 0 Å². The topological polar surface area (TPSA) is 72.9 Å². The van der Waals surface area contributed by atoms with Crippen LogP contribution in [0.15, 0.2) is 29.4 Å². The zero-order valence-electron chi connectivity index (χ0n) is 18.4. The maximum absolute atomic E-state index is 12.6. The molecule has 1 atom stereocenters. The molecule has 0 aliphatic carbocycles. The Hall–Kier alpha value is -2.31. The largest absolute Gasteiger partial charge is 0.357 e. The fraction of sp³-hybridized carbons (Fsp3) is 0.682. The van der Waals surface area contributed by atoms with Crippen LogP contribution in [0.3, 0.4) is 0 Å². The molecule has 7 heteroatoms. The highest BCUT2D eigenvalue weighted by Crippen LogP contribution is 2.13. The van der Waals surface area contributed by atoms with E-state index < -0.39 is 0 Å². The maximum atomic E-state index is 12.6. The summed E-state index contributed by atoms with van der Waals surface area (Å²) in [5.74, 6) is 1.98. The van der Waals surface area contributed by atoms with Crippen LogP contribution in [0.2, 0.25) is 0 Å². The van der Waals surface area contributed by atoms with E-state index in [1.54, 1.807) is 0 Å². The van der Waals surface area contributed by atoms with Crippen LogP contribution in [0, 0.1) is 0 Å². The highest BCUT2D eigenvalue weighted by Gasteiger charge is 2.21. The number of aromatic nitrogens is 1. The number of nitrogens with zero attached hydrogens (tertiary/aromatic N) is 4. The summed E-state index contributed by atoms with van der Waals surface area (Å²) >= 11 is 0. The van der Waals surface area contributed by atoms with Crippen LogP contribution in [0.1, 0.15) is 52.9 Å². The Labute approximate surface area is 176 Å². The first-order chi connectivity index (χ1) is 14.1. The lowest BCUT2D eigenvalue weighted by Crippen LogP contribution is -2.49. The van der Waals surface area contributed by atoms with Crippen molar-refractivity contribution in [3.05, 3.63) is 24.4 Å². The van der Waals surface area contributed by atoms with Crippen molar-refractivity contribution in [1.29, 1.82) is 0 Å². The van der Waals surface area contributed by atoms with Crippen LogP contribution >= 0.6 is 0 Å². The van der Waals surface area contributed by atoms with E-state index in [-0.39, 0.29) is 5.91 Å². The molecule has 2 N–H and O–H groups in total. The van der Waals surface area contributed by atoms with E-state index >= 15 is 0 Å². The van der Waals surface area contributed by atoms with Gasteiger partial charge < -0.3 is 20.4 Å². The summed E-state index contributed by atoms with van der Waals surface area (Å²) in [4.78, 5) is 25.7. The van der Waals surface area contributed by atoms with Gasteiger partial charge in [0.1, 0.15) is 5.82 Å². The minimum Gasteiger partial charge on any atom is -0.357 e. The second-order valence-electron chi connectivity index (χ2n) is 7.61. The van der Waals surface area contributed by atoms with E-state index in [9.17, 15) is 4.79 Å². The molecule has 1 amide bonds. The van der Waals surface area contributed by atoms with E-state index in [1.165, 1.54) is 19.3 Å². The second-order valence-corrected chi connectivity index (χ2v) is 7.61. The summed E-state index contributed by atoms with van der Waals surface area (Å²) in [6.07, 6.45) is 7.13. The van der Waals surface area contributed by atoms with Crippen molar-refractivity contribution in [3.63, 3.8) is 0 Å². The van der Waals surface area contributed by atoms with Crippen LogP contribution in [-0.4, -0.2) is 67.1 Å². The molecule has 1 aliphatic heterocycles. The first-order valence-corrected chi connectivity index (χ1v) is 11.1. The molecule has 1 unspecified atom stereocenters. The Morgan fingerprint density at radius 3 is 2.66 bits per heavy atom. The molecule has 1 fully saturated rings. The van der Waals surface area contributed by atoms with Crippen molar-refractivity contribution in [1.82, 2.24) is 20.5 Å². The molecule has 29 heavy (non-hydrogen) atoms. The third-order valence-electron chi connectivity index (χ3n) is 5.17. The number of pyridine rings is 1. The number of nitrogens with one attached hydrogen (secondary N) is 2. The lowest BCUT2D eigenvalue weighted by molar-refractivity contribution is -0.131. The number of unbranched alkanes of at least 4 members (excludes halogenated alkanes) is 2. The SMILES string of the molecule is CCCCCC(C)NC(=NCCC(=O)N1CCN(c2ccccn2)CC1)NCC. The van der Waals surface area contributed by atoms with Gasteiger partial charge in [0.2, 0.25) is 5.91 Å². The molecule has 0 aromatic carbocycles. The molecule has 1 aromatic heterocycles. The average molecular weight is 403 g/mol. The predicted octanol–water partition coefficient (Wildman–Crippen LogP) is 2.64. The van der Waals surface area contributed by atoms with Gasteiger partial charge in [-0.15, -0.1) is 0 Å². The van der Waals surface area contributed by atoms with Gasteiger partial charge in [-0.1, -0.05) is 32.3 Å². The number of hydrogen-bond acceptors (Lipinski definition) is 4. The summed E-state index contributed by atoms with van der Waals surface area (Å²) < 4.78 is 0. The van der Waals surface area contributed by atoms with Gasteiger partial charge in [0.15, 0.2) is 5.96 Å². The Morgan fingerprint density at radius 1 is 1.21 bits per heavy atom. The van der Waals surface area contributed by atoms with E-state index in [0.717, 1.165) is 50.9 Å². The van der Waals surface area contributed by atoms with Crippen LogP contribution in [-0.2, 0) is 4.79 Å². The normalized spacial score (nSPS) is 15.9. The Balaban J connectivity index is 1.73. The zero-order valence-corrected chi connectivity index (χ0v) is 18.4. The number of aliphatic imine (C=N–C) groups is 1. The molecule has 0 radical (unpaired) electrons.